The summed E-state index contributed by atoms with van der Waals surface area (Å²) in [4.78, 5) is 27.5. The molecule has 0 aliphatic carbocycles. The molecule has 1 aliphatic rings. The highest BCUT2D eigenvalue weighted by Gasteiger charge is 2.33. The molecule has 0 aromatic heterocycles. The third-order valence-corrected chi connectivity index (χ3v) is 5.70. The summed E-state index contributed by atoms with van der Waals surface area (Å²) in [5.41, 5.74) is 6.88. The number of urea groups is 1. The highest BCUT2D eigenvalue weighted by molar-refractivity contribution is 7.90. The molecule has 3 N–H and O–H groups in total. The minimum Gasteiger partial charge on any atom is -0.465 e. The molecule has 0 spiro atoms. The van der Waals surface area contributed by atoms with Crippen LogP contribution in [-0.4, -0.2) is 52.7 Å². The summed E-state index contributed by atoms with van der Waals surface area (Å²) in [6, 6.07) is 10.3. The van der Waals surface area contributed by atoms with Crippen LogP contribution >= 0.6 is 0 Å². The van der Waals surface area contributed by atoms with Gasteiger partial charge in [-0.1, -0.05) is 0 Å². The average molecular weight is 416 g/mol. The van der Waals surface area contributed by atoms with Gasteiger partial charge in [-0.2, -0.15) is 0 Å². The number of amidine groups is 1. The number of amides is 2. The zero-order chi connectivity index (χ0) is 21.3. The van der Waals surface area contributed by atoms with Crippen molar-refractivity contribution in [2.75, 3.05) is 36.3 Å². The molecule has 152 valence electrons. The van der Waals surface area contributed by atoms with Gasteiger partial charge in [0.1, 0.15) is 5.84 Å². The number of carbonyl (C=O) groups excluding carboxylic acids is 2. The van der Waals surface area contributed by atoms with E-state index in [4.69, 9.17) is 11.1 Å². The Morgan fingerprint density at radius 1 is 1.07 bits per heavy atom. The quantitative estimate of drug-likeness (QED) is 0.432. The molecule has 0 saturated carbocycles. The summed E-state index contributed by atoms with van der Waals surface area (Å²) in [5.74, 6) is -0.740. The zero-order valence-electron chi connectivity index (χ0n) is 15.9. The fourth-order valence-corrected chi connectivity index (χ4v) is 4.00. The molecule has 1 heterocycles. The number of nitrogens with zero attached hydrogens (tertiary/aromatic N) is 2. The first kappa shape index (κ1) is 20.3. The lowest BCUT2D eigenvalue weighted by molar-refractivity contribution is 0.0600. The molecule has 2 aromatic carbocycles. The van der Waals surface area contributed by atoms with E-state index in [-0.39, 0.29) is 28.5 Å². The molecule has 0 radical (unpaired) electrons. The molecule has 3 rings (SSSR count). The van der Waals surface area contributed by atoms with Gasteiger partial charge in [-0.05, 0) is 42.5 Å². The van der Waals surface area contributed by atoms with Gasteiger partial charge in [0.2, 0.25) is 0 Å². The number of nitrogens with two attached hydrogens (primary N) is 1. The Bertz CT molecular complexity index is 1100. The summed E-state index contributed by atoms with van der Waals surface area (Å²) >= 11 is 0. The fourth-order valence-electron chi connectivity index (χ4n) is 3.10. The van der Waals surface area contributed by atoms with Crippen LogP contribution in [0.4, 0.5) is 16.2 Å². The first-order chi connectivity index (χ1) is 13.6. The first-order valence-electron chi connectivity index (χ1n) is 8.59. The van der Waals surface area contributed by atoms with Gasteiger partial charge in [0, 0.05) is 30.6 Å². The summed E-state index contributed by atoms with van der Waals surface area (Å²) in [7, 11) is -2.51. The number of ether oxygens (including phenoxy) is 1. The number of hydrogen-bond acceptors (Lipinski definition) is 6. The van der Waals surface area contributed by atoms with Crippen LogP contribution in [0.1, 0.15) is 15.9 Å². The van der Waals surface area contributed by atoms with Gasteiger partial charge in [-0.15, -0.1) is 0 Å². The lowest BCUT2D eigenvalue weighted by atomic mass is 10.2. The van der Waals surface area contributed by atoms with Crippen LogP contribution in [0.25, 0.3) is 0 Å². The van der Waals surface area contributed by atoms with Crippen molar-refractivity contribution in [3.8, 4) is 0 Å². The Morgan fingerprint density at radius 2 is 1.66 bits per heavy atom. The van der Waals surface area contributed by atoms with E-state index in [2.05, 4.69) is 4.74 Å². The van der Waals surface area contributed by atoms with Gasteiger partial charge in [0.15, 0.2) is 9.84 Å². The molecule has 0 unspecified atom stereocenters. The molecule has 10 heteroatoms. The number of benzene rings is 2. The number of nitrogens with one attached hydrogen (secondary N) is 1. The second kappa shape index (κ2) is 7.55. The van der Waals surface area contributed by atoms with Crippen molar-refractivity contribution in [1.82, 2.24) is 0 Å². The molecule has 0 bridgehead atoms. The normalized spacial score (nSPS) is 14.2. The molecule has 1 saturated heterocycles. The van der Waals surface area contributed by atoms with E-state index in [0.29, 0.717) is 17.8 Å². The van der Waals surface area contributed by atoms with Gasteiger partial charge in [0.25, 0.3) is 0 Å². The summed E-state index contributed by atoms with van der Waals surface area (Å²) < 4.78 is 29.2. The summed E-state index contributed by atoms with van der Waals surface area (Å²) in [5, 5.41) is 7.44. The Balaban J connectivity index is 1.96. The van der Waals surface area contributed by atoms with Gasteiger partial charge in [-0.3, -0.25) is 15.2 Å². The molecule has 1 fully saturated rings. The number of methoxy groups -OCH3 is 1. The van der Waals surface area contributed by atoms with Crippen molar-refractivity contribution in [3.05, 3.63) is 53.6 Å². The van der Waals surface area contributed by atoms with Crippen molar-refractivity contribution in [2.45, 2.75) is 4.90 Å². The van der Waals surface area contributed by atoms with Crippen LogP contribution in [0.15, 0.2) is 47.4 Å². The number of sulfone groups is 1. The third kappa shape index (κ3) is 3.92. The summed E-state index contributed by atoms with van der Waals surface area (Å²) in [6.45, 7) is 0.619. The molecular formula is C19H20N4O5S. The Labute approximate surface area is 168 Å². The molecule has 2 amide bonds. The molecule has 29 heavy (non-hydrogen) atoms. The van der Waals surface area contributed by atoms with Crippen molar-refractivity contribution in [1.29, 1.82) is 5.41 Å². The fraction of sp³-hybridized carbons (Fsp3) is 0.211. The number of esters is 1. The van der Waals surface area contributed by atoms with Crippen LogP contribution in [0.5, 0.6) is 0 Å². The maximum atomic E-state index is 13.0. The van der Waals surface area contributed by atoms with Gasteiger partial charge in [0.05, 0.1) is 23.3 Å². The summed E-state index contributed by atoms with van der Waals surface area (Å²) in [6.07, 6.45) is 1.02. The molecule has 2 aromatic rings. The van der Waals surface area contributed by atoms with Crippen molar-refractivity contribution in [2.24, 2.45) is 5.73 Å². The maximum Gasteiger partial charge on any atom is 0.337 e. The number of rotatable bonds is 5. The monoisotopic (exact) mass is 416 g/mol. The van der Waals surface area contributed by atoms with E-state index in [1.807, 2.05) is 0 Å². The van der Waals surface area contributed by atoms with Gasteiger partial charge >= 0.3 is 12.0 Å². The van der Waals surface area contributed by atoms with Crippen LogP contribution in [0.2, 0.25) is 0 Å². The van der Waals surface area contributed by atoms with Crippen LogP contribution < -0.4 is 15.5 Å². The topological polar surface area (TPSA) is 134 Å². The van der Waals surface area contributed by atoms with E-state index in [1.165, 1.54) is 35.1 Å². The molecule has 0 atom stereocenters. The zero-order valence-corrected chi connectivity index (χ0v) is 16.7. The molecule has 9 nitrogen and oxygen atoms in total. The number of nitrogen functional groups attached to an aromatic ring is 1. The van der Waals surface area contributed by atoms with E-state index in [0.717, 1.165) is 6.26 Å². The highest BCUT2D eigenvalue weighted by atomic mass is 32.2. The lowest BCUT2D eigenvalue weighted by Crippen LogP contribution is -2.32. The minimum absolute atomic E-state index is 0.0746. The van der Waals surface area contributed by atoms with Crippen molar-refractivity contribution in [3.63, 3.8) is 0 Å². The van der Waals surface area contributed by atoms with Gasteiger partial charge in [-0.25, -0.2) is 18.0 Å². The molecule has 1 aliphatic heterocycles. The predicted molar refractivity (Wildman–Crippen MR) is 108 cm³/mol. The predicted octanol–water partition coefficient (Wildman–Crippen LogP) is 1.61. The molecular weight excluding hydrogens is 396 g/mol. The minimum atomic E-state index is -3.71. The van der Waals surface area contributed by atoms with Crippen molar-refractivity contribution >= 4 is 39.0 Å². The van der Waals surface area contributed by atoms with E-state index in [9.17, 15) is 18.0 Å². The number of hydrogen-bond donors (Lipinski definition) is 2. The Hall–Kier alpha value is -3.40. The SMILES string of the molecule is COC(=O)c1ccc(N2CCN(c3ccc(C(=N)N)cc3)C2=O)c(S(C)(=O)=O)c1. The van der Waals surface area contributed by atoms with Gasteiger partial charge < -0.3 is 10.5 Å². The first-order valence-corrected chi connectivity index (χ1v) is 10.5. The van der Waals surface area contributed by atoms with E-state index in [1.54, 1.807) is 24.3 Å². The smallest absolute Gasteiger partial charge is 0.337 e. The van der Waals surface area contributed by atoms with Crippen LogP contribution in [0.3, 0.4) is 0 Å². The Kier molecular flexibility index (Phi) is 5.29. The van der Waals surface area contributed by atoms with E-state index >= 15 is 0 Å². The Morgan fingerprint density at radius 3 is 2.21 bits per heavy atom. The van der Waals surface area contributed by atoms with Crippen LogP contribution in [-0.2, 0) is 14.6 Å². The van der Waals surface area contributed by atoms with E-state index < -0.39 is 21.8 Å². The highest BCUT2D eigenvalue weighted by Crippen LogP contribution is 2.31. The number of anilines is 2. The number of carbonyl (C=O) groups is 2. The van der Waals surface area contributed by atoms with Crippen molar-refractivity contribution < 1.29 is 22.7 Å². The maximum absolute atomic E-state index is 13.0. The third-order valence-electron chi connectivity index (χ3n) is 4.57. The van der Waals surface area contributed by atoms with Crippen LogP contribution in [0, 0.1) is 5.41 Å². The second-order valence-corrected chi connectivity index (χ2v) is 8.48. The second-order valence-electron chi connectivity index (χ2n) is 6.49. The standard InChI is InChI=1S/C19H20N4O5S/c1-28-18(24)13-5-8-15(16(11-13)29(2,26)27)23-10-9-22(19(23)25)14-6-3-12(4-7-14)17(20)21/h3-8,11H,9-10H2,1-2H3,(H3,20,21). The average Bonchev–Trinajstić information content (AvgIpc) is 3.07. The largest absolute Gasteiger partial charge is 0.465 e. The lowest BCUT2D eigenvalue weighted by Gasteiger charge is -2.21.